The third-order valence-corrected chi connectivity index (χ3v) is 5.05. The lowest BCUT2D eigenvalue weighted by Gasteiger charge is -2.24. The molecular weight excluding hydrogens is 405 g/mol. The lowest BCUT2D eigenvalue weighted by atomic mass is 9.75. The number of hydrogen-bond donors (Lipinski definition) is 7. The Bertz CT molecular complexity index is 697. The van der Waals surface area contributed by atoms with Crippen molar-refractivity contribution in [1.29, 1.82) is 5.41 Å². The monoisotopic (exact) mass is 437 g/mol. The van der Waals surface area contributed by atoms with Gasteiger partial charge >= 0.3 is 7.12 Å². The summed E-state index contributed by atoms with van der Waals surface area (Å²) >= 11 is 1.49. The van der Waals surface area contributed by atoms with Gasteiger partial charge in [-0.3, -0.25) is 15.0 Å². The average molecular weight is 437 g/mol. The third-order valence-electron chi connectivity index (χ3n) is 4.21. The van der Waals surface area contributed by atoms with Gasteiger partial charge in [-0.15, -0.1) is 11.3 Å². The fourth-order valence-corrected chi connectivity index (χ4v) is 3.30. The first-order valence-electron chi connectivity index (χ1n) is 9.91. The van der Waals surface area contributed by atoms with Gasteiger partial charge in [0.25, 0.3) is 0 Å². The number of carbonyl (C=O) groups excluding carboxylic acids is 2. The minimum Gasteiger partial charge on any atom is -0.426 e. The van der Waals surface area contributed by atoms with Crippen LogP contribution in [0, 0.1) is 11.3 Å². The lowest BCUT2D eigenvalue weighted by molar-refractivity contribution is -0.127. The Balaban J connectivity index is 2.75. The van der Waals surface area contributed by atoms with Crippen molar-refractivity contribution in [2.24, 2.45) is 5.92 Å². The van der Waals surface area contributed by atoms with Crippen LogP contribution in [-0.2, 0) is 9.59 Å². The van der Waals surface area contributed by atoms with Crippen LogP contribution < -0.4 is 21.3 Å². The zero-order valence-electron chi connectivity index (χ0n) is 17.6. The van der Waals surface area contributed by atoms with Crippen LogP contribution in [0.2, 0.25) is 0 Å². The van der Waals surface area contributed by atoms with Gasteiger partial charge in [-0.2, -0.15) is 0 Å². The molecule has 0 saturated heterocycles. The number of guanidine groups is 1. The highest BCUT2D eigenvalue weighted by Crippen LogP contribution is 2.10. The molecule has 0 aliphatic carbocycles. The molecule has 0 spiro atoms. The largest absolute Gasteiger partial charge is 0.475 e. The number of nitrogens with one attached hydrogen (secondary N) is 5. The molecule has 9 nitrogen and oxygen atoms in total. The highest BCUT2D eigenvalue weighted by Gasteiger charge is 2.29. The highest BCUT2D eigenvalue weighted by molar-refractivity contribution is 7.10. The summed E-state index contributed by atoms with van der Waals surface area (Å²) in [6.45, 7) is 4.28. The van der Waals surface area contributed by atoms with Crippen molar-refractivity contribution in [3.8, 4) is 0 Å². The molecule has 0 aromatic carbocycles. The van der Waals surface area contributed by atoms with E-state index >= 15 is 0 Å². The van der Waals surface area contributed by atoms with E-state index in [1.165, 1.54) is 17.4 Å². The summed E-state index contributed by atoms with van der Waals surface area (Å²) in [5.41, 5.74) is 0. The van der Waals surface area contributed by atoms with Crippen molar-refractivity contribution in [2.45, 2.75) is 45.1 Å². The maximum atomic E-state index is 12.7. The summed E-state index contributed by atoms with van der Waals surface area (Å²) in [6.07, 6.45) is 4.28. The summed E-state index contributed by atoms with van der Waals surface area (Å²) < 4.78 is 0. The van der Waals surface area contributed by atoms with Crippen LogP contribution in [0.25, 0.3) is 6.08 Å². The maximum Gasteiger partial charge on any atom is 0.475 e. The second-order valence-corrected chi connectivity index (χ2v) is 8.24. The van der Waals surface area contributed by atoms with Gasteiger partial charge in [-0.05, 0) is 42.7 Å². The quantitative estimate of drug-likeness (QED) is 0.0824. The van der Waals surface area contributed by atoms with E-state index in [2.05, 4.69) is 21.3 Å². The average Bonchev–Trinajstić information content (AvgIpc) is 3.21. The SMILES string of the molecule is CNC(=N)NCCC[C@H](NC(=O)/C=C/c1cccs1)C(=O)N[C@@H](CC(C)C)B(O)O. The Morgan fingerprint density at radius 3 is 2.60 bits per heavy atom. The molecule has 1 rings (SSSR count). The predicted octanol–water partition coefficient (Wildman–Crippen LogP) is 0.313. The van der Waals surface area contributed by atoms with Crippen LogP contribution in [0.5, 0.6) is 0 Å². The van der Waals surface area contributed by atoms with Crippen LogP contribution in [-0.4, -0.2) is 60.5 Å². The topological polar surface area (TPSA) is 147 Å². The van der Waals surface area contributed by atoms with Crippen LogP contribution in [0.1, 0.15) is 38.0 Å². The lowest BCUT2D eigenvalue weighted by Crippen LogP contribution is -2.54. The Hall–Kier alpha value is -2.37. The molecule has 0 fully saturated rings. The number of amides is 2. The van der Waals surface area contributed by atoms with E-state index in [1.54, 1.807) is 13.1 Å². The van der Waals surface area contributed by atoms with Gasteiger partial charge in [0.1, 0.15) is 6.04 Å². The van der Waals surface area contributed by atoms with E-state index in [-0.39, 0.29) is 11.9 Å². The normalized spacial score (nSPS) is 13.0. The van der Waals surface area contributed by atoms with E-state index in [1.807, 2.05) is 31.4 Å². The van der Waals surface area contributed by atoms with E-state index < -0.39 is 30.9 Å². The number of thiophene rings is 1. The van der Waals surface area contributed by atoms with Gasteiger partial charge in [-0.1, -0.05) is 19.9 Å². The van der Waals surface area contributed by atoms with E-state index in [4.69, 9.17) is 5.41 Å². The number of carbonyl (C=O) groups is 2. The summed E-state index contributed by atoms with van der Waals surface area (Å²) in [5, 5.41) is 39.4. The first-order valence-corrected chi connectivity index (χ1v) is 10.8. The van der Waals surface area contributed by atoms with Gasteiger partial charge in [0.2, 0.25) is 11.8 Å². The molecule has 30 heavy (non-hydrogen) atoms. The second-order valence-electron chi connectivity index (χ2n) is 7.26. The van der Waals surface area contributed by atoms with E-state index in [0.717, 1.165) is 4.88 Å². The Morgan fingerprint density at radius 1 is 1.30 bits per heavy atom. The van der Waals surface area contributed by atoms with Crippen LogP contribution in [0.15, 0.2) is 23.6 Å². The molecule has 7 N–H and O–H groups in total. The zero-order chi connectivity index (χ0) is 22.5. The fourth-order valence-electron chi connectivity index (χ4n) is 2.69. The molecule has 0 radical (unpaired) electrons. The summed E-state index contributed by atoms with van der Waals surface area (Å²) in [6, 6.07) is 2.91. The van der Waals surface area contributed by atoms with Crippen molar-refractivity contribution in [3.05, 3.63) is 28.5 Å². The van der Waals surface area contributed by atoms with Gasteiger partial charge < -0.3 is 31.3 Å². The minimum atomic E-state index is -1.69. The molecule has 2 atom stereocenters. The molecule has 2 amide bonds. The van der Waals surface area contributed by atoms with Gasteiger partial charge in [-0.25, -0.2) is 0 Å². The summed E-state index contributed by atoms with van der Waals surface area (Å²) in [4.78, 5) is 26.0. The highest BCUT2D eigenvalue weighted by atomic mass is 32.1. The van der Waals surface area contributed by atoms with E-state index in [9.17, 15) is 19.6 Å². The number of rotatable bonds is 12. The Kier molecular flexibility index (Phi) is 11.8. The molecule has 0 aliphatic rings. The van der Waals surface area contributed by atoms with Crippen LogP contribution in [0.4, 0.5) is 0 Å². The Labute approximate surface area is 182 Å². The van der Waals surface area contributed by atoms with E-state index in [0.29, 0.717) is 25.8 Å². The zero-order valence-corrected chi connectivity index (χ0v) is 18.5. The van der Waals surface area contributed by atoms with Gasteiger partial charge in [0.15, 0.2) is 5.96 Å². The molecule has 0 aliphatic heterocycles. The summed E-state index contributed by atoms with van der Waals surface area (Å²) in [7, 11) is -0.0648. The first kappa shape index (κ1) is 25.7. The van der Waals surface area contributed by atoms with Gasteiger partial charge in [0.05, 0.1) is 5.94 Å². The van der Waals surface area contributed by atoms with Gasteiger partial charge in [0, 0.05) is 24.5 Å². The molecular formula is C19H32BN5O4S. The van der Waals surface area contributed by atoms with Crippen molar-refractivity contribution >= 4 is 42.3 Å². The third kappa shape index (κ3) is 10.4. The molecule has 1 aromatic rings. The minimum absolute atomic E-state index is 0.149. The molecule has 0 bridgehead atoms. The molecule has 166 valence electrons. The second kappa shape index (κ2) is 13.8. The predicted molar refractivity (Wildman–Crippen MR) is 121 cm³/mol. The van der Waals surface area contributed by atoms with Crippen molar-refractivity contribution in [1.82, 2.24) is 21.3 Å². The number of hydrogen-bond acceptors (Lipinski definition) is 6. The standard InChI is InChI=1S/C19H32BN5O4S/c1-13(2)12-16(20(28)29)25-18(27)15(7-4-10-23-19(21)22-3)24-17(26)9-8-14-6-5-11-30-14/h5-6,8-9,11,13,15-16,28-29H,4,7,10,12H2,1-3H3,(H,24,26)(H,25,27)(H3,21,22,23)/b9-8+/t15-,16-/m0/s1. The molecule has 1 aromatic heterocycles. The molecule has 0 unspecified atom stereocenters. The first-order chi connectivity index (χ1) is 14.2. The molecule has 0 saturated carbocycles. The van der Waals surface area contributed by atoms with Crippen molar-refractivity contribution in [2.75, 3.05) is 13.6 Å². The summed E-state index contributed by atoms with van der Waals surface area (Å²) in [5.74, 6) is -1.40. The van der Waals surface area contributed by atoms with Crippen LogP contribution in [0.3, 0.4) is 0 Å². The van der Waals surface area contributed by atoms with Crippen LogP contribution >= 0.6 is 11.3 Å². The molecule has 11 heteroatoms. The van der Waals surface area contributed by atoms with Crippen molar-refractivity contribution < 1.29 is 19.6 Å². The smallest absolute Gasteiger partial charge is 0.426 e. The van der Waals surface area contributed by atoms with Crippen molar-refractivity contribution in [3.63, 3.8) is 0 Å². The molecule has 1 heterocycles. The maximum absolute atomic E-state index is 12.7. The Morgan fingerprint density at radius 2 is 2.03 bits per heavy atom. The fraction of sp³-hybridized carbons (Fsp3) is 0.526.